The minimum absolute atomic E-state index is 0.0784. The number of nitrogens with zero attached hydrogens (tertiary/aromatic N) is 4. The monoisotopic (exact) mass is 330 g/mol. The van der Waals surface area contributed by atoms with Gasteiger partial charge in [-0.25, -0.2) is 4.68 Å². The van der Waals surface area contributed by atoms with Crippen LogP contribution in [0.15, 0.2) is 36.7 Å². The van der Waals surface area contributed by atoms with Gasteiger partial charge in [-0.05, 0) is 37.1 Å². The molecule has 7 heteroatoms. The van der Waals surface area contributed by atoms with Gasteiger partial charge in [0.15, 0.2) is 0 Å². The molecule has 2 aromatic rings. The number of carbonyl (C=O) groups is 1. The van der Waals surface area contributed by atoms with Gasteiger partial charge in [0.2, 0.25) is 5.91 Å². The minimum Gasteiger partial charge on any atom is -0.497 e. The number of aromatic nitrogens is 3. The normalized spacial score (nSPS) is 17.5. The molecule has 24 heavy (non-hydrogen) atoms. The molecule has 7 nitrogen and oxygen atoms in total. The van der Waals surface area contributed by atoms with Crippen LogP contribution in [0.3, 0.4) is 0 Å². The van der Waals surface area contributed by atoms with Gasteiger partial charge in [-0.1, -0.05) is 5.21 Å². The van der Waals surface area contributed by atoms with E-state index >= 15 is 0 Å². The molecule has 1 aromatic heterocycles. The van der Waals surface area contributed by atoms with Crippen molar-refractivity contribution in [2.75, 3.05) is 26.8 Å². The molecule has 1 aliphatic rings. The molecule has 128 valence electrons. The standard InChI is InChI=1S/C17H22N4O3/c1-23-15-4-6-16(7-5-15)24-13-14-3-2-9-20(11-14)17(22)12-21-10-8-18-19-21/h4-8,10,14H,2-3,9,11-13H2,1H3/t14-/m1/s1. The second-order valence-electron chi connectivity index (χ2n) is 5.94. The van der Waals surface area contributed by atoms with Gasteiger partial charge in [-0.2, -0.15) is 0 Å². The van der Waals surface area contributed by atoms with E-state index in [1.165, 1.54) is 0 Å². The third-order valence-corrected chi connectivity index (χ3v) is 4.19. The Hall–Kier alpha value is -2.57. The highest BCUT2D eigenvalue weighted by molar-refractivity contribution is 5.76. The lowest BCUT2D eigenvalue weighted by atomic mass is 9.99. The lowest BCUT2D eigenvalue weighted by Crippen LogP contribution is -2.43. The summed E-state index contributed by atoms with van der Waals surface area (Å²) in [5.41, 5.74) is 0. The first-order valence-corrected chi connectivity index (χ1v) is 8.13. The average molecular weight is 330 g/mol. The summed E-state index contributed by atoms with van der Waals surface area (Å²) in [5, 5.41) is 7.57. The first-order valence-electron chi connectivity index (χ1n) is 8.13. The number of rotatable bonds is 6. The second-order valence-corrected chi connectivity index (χ2v) is 5.94. The topological polar surface area (TPSA) is 69.5 Å². The number of amides is 1. The second kappa shape index (κ2) is 7.81. The number of hydrogen-bond donors (Lipinski definition) is 0. The Balaban J connectivity index is 1.48. The van der Waals surface area contributed by atoms with Gasteiger partial charge in [-0.3, -0.25) is 4.79 Å². The number of likely N-dealkylation sites (tertiary alicyclic amines) is 1. The largest absolute Gasteiger partial charge is 0.497 e. The van der Waals surface area contributed by atoms with E-state index in [4.69, 9.17) is 9.47 Å². The lowest BCUT2D eigenvalue weighted by molar-refractivity contribution is -0.134. The van der Waals surface area contributed by atoms with Crippen LogP contribution in [0.1, 0.15) is 12.8 Å². The maximum absolute atomic E-state index is 12.3. The fourth-order valence-electron chi connectivity index (χ4n) is 2.87. The first kappa shape index (κ1) is 16.3. The van der Waals surface area contributed by atoms with E-state index in [2.05, 4.69) is 10.3 Å². The number of benzene rings is 1. The third kappa shape index (κ3) is 4.24. The van der Waals surface area contributed by atoms with Gasteiger partial charge in [0.05, 0.1) is 19.9 Å². The van der Waals surface area contributed by atoms with Crippen LogP contribution in [0.25, 0.3) is 0 Å². The van der Waals surface area contributed by atoms with Crippen LogP contribution in [0.2, 0.25) is 0 Å². The van der Waals surface area contributed by atoms with Crippen molar-refractivity contribution >= 4 is 5.91 Å². The molecule has 1 amide bonds. The zero-order valence-corrected chi connectivity index (χ0v) is 13.8. The Morgan fingerprint density at radius 3 is 2.79 bits per heavy atom. The minimum atomic E-state index is 0.0784. The van der Waals surface area contributed by atoms with E-state index in [1.807, 2.05) is 29.2 Å². The van der Waals surface area contributed by atoms with Crippen molar-refractivity contribution in [1.29, 1.82) is 0 Å². The summed E-state index contributed by atoms with van der Waals surface area (Å²) in [7, 11) is 1.64. The molecule has 1 aliphatic heterocycles. The number of ether oxygens (including phenoxy) is 2. The highest BCUT2D eigenvalue weighted by atomic mass is 16.5. The zero-order chi connectivity index (χ0) is 16.8. The summed E-state index contributed by atoms with van der Waals surface area (Å²) in [6.45, 7) is 2.38. The molecule has 0 N–H and O–H groups in total. The van der Waals surface area contributed by atoms with Gasteiger partial charge >= 0.3 is 0 Å². The smallest absolute Gasteiger partial charge is 0.244 e. The van der Waals surface area contributed by atoms with Crippen molar-refractivity contribution in [2.24, 2.45) is 5.92 Å². The van der Waals surface area contributed by atoms with Crippen molar-refractivity contribution < 1.29 is 14.3 Å². The zero-order valence-electron chi connectivity index (χ0n) is 13.8. The molecule has 0 bridgehead atoms. The number of carbonyl (C=O) groups excluding carboxylic acids is 1. The summed E-state index contributed by atoms with van der Waals surface area (Å²) < 4.78 is 12.5. The molecule has 1 fully saturated rings. The van der Waals surface area contributed by atoms with E-state index in [1.54, 1.807) is 24.2 Å². The summed E-state index contributed by atoms with van der Waals surface area (Å²) >= 11 is 0. The number of methoxy groups -OCH3 is 1. The van der Waals surface area contributed by atoms with Crippen molar-refractivity contribution in [3.63, 3.8) is 0 Å². The van der Waals surface area contributed by atoms with E-state index in [0.717, 1.165) is 37.4 Å². The van der Waals surface area contributed by atoms with Gasteiger partial charge < -0.3 is 14.4 Å². The van der Waals surface area contributed by atoms with Crippen LogP contribution in [0.5, 0.6) is 11.5 Å². The molecule has 0 spiro atoms. The average Bonchev–Trinajstić information content (AvgIpc) is 3.13. The molecule has 2 heterocycles. The van der Waals surface area contributed by atoms with Crippen LogP contribution in [-0.4, -0.2) is 52.6 Å². The Morgan fingerprint density at radius 1 is 1.29 bits per heavy atom. The van der Waals surface area contributed by atoms with Crippen LogP contribution in [-0.2, 0) is 11.3 Å². The molecule has 0 unspecified atom stereocenters. The Morgan fingerprint density at radius 2 is 2.08 bits per heavy atom. The van der Waals surface area contributed by atoms with Crippen molar-refractivity contribution in [2.45, 2.75) is 19.4 Å². The Bertz CT molecular complexity index is 642. The van der Waals surface area contributed by atoms with Crippen LogP contribution >= 0.6 is 0 Å². The van der Waals surface area contributed by atoms with Crippen molar-refractivity contribution in [3.8, 4) is 11.5 Å². The summed E-state index contributed by atoms with van der Waals surface area (Å²) in [4.78, 5) is 14.2. The van der Waals surface area contributed by atoms with Crippen LogP contribution in [0.4, 0.5) is 0 Å². The number of piperidine rings is 1. The van der Waals surface area contributed by atoms with Gasteiger partial charge in [0.1, 0.15) is 18.0 Å². The summed E-state index contributed by atoms with van der Waals surface area (Å²) in [6, 6.07) is 7.55. The Kier molecular flexibility index (Phi) is 5.30. The fraction of sp³-hybridized carbons (Fsp3) is 0.471. The molecule has 0 radical (unpaired) electrons. The first-order chi connectivity index (χ1) is 11.7. The SMILES string of the molecule is COc1ccc(OC[C@@H]2CCCN(C(=O)Cn3ccnn3)C2)cc1. The van der Waals surface area contributed by atoms with E-state index < -0.39 is 0 Å². The molecular weight excluding hydrogens is 308 g/mol. The summed E-state index contributed by atoms with van der Waals surface area (Å²) in [5.74, 6) is 2.06. The van der Waals surface area contributed by atoms with E-state index in [-0.39, 0.29) is 12.5 Å². The maximum atomic E-state index is 12.3. The molecule has 0 aliphatic carbocycles. The van der Waals surface area contributed by atoms with Gasteiger partial charge in [0, 0.05) is 25.2 Å². The predicted octanol–water partition coefficient (Wildman–Crippen LogP) is 1.60. The lowest BCUT2D eigenvalue weighted by Gasteiger charge is -2.32. The predicted molar refractivity (Wildman–Crippen MR) is 87.8 cm³/mol. The van der Waals surface area contributed by atoms with Crippen molar-refractivity contribution in [3.05, 3.63) is 36.7 Å². The van der Waals surface area contributed by atoms with Crippen LogP contribution < -0.4 is 9.47 Å². The molecular formula is C17H22N4O3. The number of hydrogen-bond acceptors (Lipinski definition) is 5. The Labute approximate surface area is 141 Å². The fourth-order valence-corrected chi connectivity index (χ4v) is 2.87. The van der Waals surface area contributed by atoms with Crippen molar-refractivity contribution in [1.82, 2.24) is 19.9 Å². The highest BCUT2D eigenvalue weighted by Crippen LogP contribution is 2.21. The van der Waals surface area contributed by atoms with E-state index in [0.29, 0.717) is 12.5 Å². The maximum Gasteiger partial charge on any atom is 0.244 e. The molecule has 1 atom stereocenters. The molecule has 3 rings (SSSR count). The highest BCUT2D eigenvalue weighted by Gasteiger charge is 2.24. The quantitative estimate of drug-likeness (QED) is 0.805. The van der Waals surface area contributed by atoms with Gasteiger partial charge in [0.25, 0.3) is 0 Å². The third-order valence-electron chi connectivity index (χ3n) is 4.19. The summed E-state index contributed by atoms with van der Waals surface area (Å²) in [6.07, 6.45) is 5.35. The van der Waals surface area contributed by atoms with Crippen LogP contribution in [0, 0.1) is 5.92 Å². The molecule has 1 aromatic carbocycles. The molecule has 0 saturated carbocycles. The van der Waals surface area contributed by atoms with E-state index in [9.17, 15) is 4.79 Å². The van der Waals surface area contributed by atoms with Gasteiger partial charge in [-0.15, -0.1) is 5.10 Å². The molecule has 1 saturated heterocycles.